The first-order chi connectivity index (χ1) is 21.0. The Hall–Kier alpha value is -2.04. The molecule has 0 bridgehead atoms. The fraction of sp³-hybridized carbons (Fsp3) is 0.333. The summed E-state index contributed by atoms with van der Waals surface area (Å²) >= 11 is 0. The molecular formula is C39H37FeNP2. The van der Waals surface area contributed by atoms with Crippen LogP contribution in [-0.4, -0.2) is 21.3 Å². The number of fused-ring (bicyclic) bond motifs is 10. The van der Waals surface area contributed by atoms with Crippen LogP contribution in [0.15, 0.2) is 134 Å². The van der Waals surface area contributed by atoms with E-state index in [0.717, 1.165) is 6.54 Å². The van der Waals surface area contributed by atoms with Crippen molar-refractivity contribution in [2.45, 2.75) is 59.9 Å². The first-order valence-corrected chi connectivity index (χ1v) is 25.2. The third-order valence-corrected chi connectivity index (χ3v) is 73.7. The predicted molar refractivity (Wildman–Crippen MR) is 180 cm³/mol. The summed E-state index contributed by atoms with van der Waals surface area (Å²) in [5.41, 5.74) is 0. The summed E-state index contributed by atoms with van der Waals surface area (Å²) in [5, 5.41) is 6.41. The topological polar surface area (TPSA) is 3.24 Å². The SMILES string of the molecule is C=CCN(C(C)[C]12[CH]3[CH]4[CH]5[C]1(P(c1ccccc1)c1ccccc1)[Fe]43521678[CH]2[CH]1[CH]6[CH]7[CH]28)P(c1ccccc1)c1ccccc1. The standard InChI is InChI=1S/C34H32NP2.C5H5.Fe/c1-3-27-35(37(31-21-12-6-13-22-31)32-23-14-7-15-24-32)28(2)33-25-16-26-34(33)36(29-17-8-4-9-18-29)30-19-10-5-11-20-30;1-2-4-5-3-1;/h3-26,28H,1,27H2,2H3;1-5H;. The second-order valence-electron chi connectivity index (χ2n) is 17.3. The van der Waals surface area contributed by atoms with E-state index in [0.29, 0.717) is 14.4 Å². The molecule has 10 heterocycles. The molecule has 0 saturated carbocycles. The van der Waals surface area contributed by atoms with Gasteiger partial charge in [0.25, 0.3) is 0 Å². The normalized spacial score (nSPS) is 56.7. The molecule has 0 amide bonds. The summed E-state index contributed by atoms with van der Waals surface area (Å²) in [6.07, 6.45) is 2.24. The van der Waals surface area contributed by atoms with Gasteiger partial charge in [0.1, 0.15) is 0 Å². The van der Waals surface area contributed by atoms with E-state index in [1.807, 2.05) is 0 Å². The Labute approximate surface area is 247 Å². The van der Waals surface area contributed by atoms with E-state index < -0.39 is 14.6 Å². The monoisotopic (exact) mass is 637 g/mol. The summed E-state index contributed by atoms with van der Waals surface area (Å²) in [6, 6.07) is 47.8. The van der Waals surface area contributed by atoms with Gasteiger partial charge in [-0.05, 0) is 0 Å². The van der Waals surface area contributed by atoms with E-state index in [9.17, 15) is 0 Å². The van der Waals surface area contributed by atoms with Gasteiger partial charge in [-0.15, -0.1) is 0 Å². The predicted octanol–water partition coefficient (Wildman–Crippen LogP) is 8.71. The van der Waals surface area contributed by atoms with Crippen LogP contribution in [0.5, 0.6) is 0 Å². The zero-order valence-corrected chi connectivity index (χ0v) is 27.3. The number of benzene rings is 4. The van der Waals surface area contributed by atoms with Crippen LogP contribution in [0.1, 0.15) is 6.92 Å². The van der Waals surface area contributed by atoms with Crippen molar-refractivity contribution in [2.75, 3.05) is 6.54 Å². The van der Waals surface area contributed by atoms with Crippen LogP contribution in [0.4, 0.5) is 0 Å². The summed E-state index contributed by atoms with van der Waals surface area (Å²) in [6.45, 7) is 4.27. The van der Waals surface area contributed by atoms with E-state index in [4.69, 9.17) is 0 Å². The second kappa shape index (κ2) is 3.88. The van der Waals surface area contributed by atoms with Crippen molar-refractivity contribution in [3.63, 3.8) is 0 Å². The quantitative estimate of drug-likeness (QED) is 0.0956. The maximum atomic E-state index is 4.40. The molecule has 10 saturated heterocycles. The van der Waals surface area contributed by atoms with Gasteiger partial charge in [-0.3, -0.25) is 0 Å². The van der Waals surface area contributed by atoms with Gasteiger partial charge in [-0.25, -0.2) is 0 Å². The Bertz CT molecular complexity index is 2220. The van der Waals surface area contributed by atoms with Crippen LogP contribution < -0.4 is 21.2 Å². The molecule has 6 unspecified atom stereocenters. The van der Waals surface area contributed by atoms with Gasteiger partial charge < -0.3 is 0 Å². The molecule has 4 heteroatoms. The van der Waals surface area contributed by atoms with E-state index in [2.05, 4.69) is 146 Å². The summed E-state index contributed by atoms with van der Waals surface area (Å²) < 4.78 is 4.41. The Morgan fingerprint density at radius 2 is 1.07 bits per heavy atom. The molecule has 216 valence electrons. The molecule has 0 aromatic heterocycles. The van der Waals surface area contributed by atoms with Gasteiger partial charge in [0.15, 0.2) is 0 Å². The molecule has 10 aliphatic heterocycles. The Morgan fingerprint density at radius 3 is 1.44 bits per heavy atom. The van der Waals surface area contributed by atoms with Gasteiger partial charge >= 0.3 is 249 Å². The average Bonchev–Trinajstić information content (AvgIpc) is 4.02. The minimum absolute atomic E-state index is 0.356. The number of rotatable bonds is 10. The Kier molecular flexibility index (Phi) is 2.03. The first-order valence-electron chi connectivity index (χ1n) is 16.4. The minimum atomic E-state index is -3.90. The summed E-state index contributed by atoms with van der Waals surface area (Å²) in [5.74, 6) is 0. The summed E-state index contributed by atoms with van der Waals surface area (Å²) in [7, 11) is -0.990. The molecule has 4 aromatic rings. The molecule has 0 N–H and O–H groups in total. The van der Waals surface area contributed by atoms with Crippen LogP contribution in [0.25, 0.3) is 0 Å². The van der Waals surface area contributed by atoms with E-state index in [1.165, 1.54) is 49.1 Å². The fourth-order valence-electron chi connectivity index (χ4n) is 22.5. The van der Waals surface area contributed by atoms with Crippen LogP contribution in [0.3, 0.4) is 0 Å². The Morgan fingerprint density at radius 1 is 0.651 bits per heavy atom. The van der Waals surface area contributed by atoms with E-state index in [1.54, 1.807) is 10.6 Å². The van der Waals surface area contributed by atoms with Gasteiger partial charge in [0.05, 0.1) is 0 Å². The van der Waals surface area contributed by atoms with Gasteiger partial charge in [-0.2, -0.15) is 0 Å². The van der Waals surface area contributed by atoms with Crippen LogP contribution >= 0.6 is 16.0 Å². The second-order valence-corrected chi connectivity index (χ2v) is 45.6. The molecule has 4 aromatic carbocycles. The van der Waals surface area contributed by atoms with Crippen LogP contribution in [0, 0.1) is 0 Å². The van der Waals surface area contributed by atoms with Crippen molar-refractivity contribution >= 4 is 37.2 Å². The molecule has 1 spiro atoms. The third kappa shape index (κ3) is 0.657. The van der Waals surface area contributed by atoms with Crippen LogP contribution in [0.2, 0.25) is 42.8 Å². The molecule has 14 rings (SSSR count). The average molecular weight is 638 g/mol. The van der Waals surface area contributed by atoms with Gasteiger partial charge in [0, 0.05) is 0 Å². The maximum absolute atomic E-state index is 4.40. The fourth-order valence-corrected chi connectivity index (χ4v) is 117. The van der Waals surface area contributed by atoms with Gasteiger partial charge in [-0.1, -0.05) is 0 Å². The van der Waals surface area contributed by atoms with Gasteiger partial charge in [0.2, 0.25) is 0 Å². The van der Waals surface area contributed by atoms with Crippen molar-refractivity contribution in [3.8, 4) is 0 Å². The van der Waals surface area contributed by atoms with Crippen molar-refractivity contribution in [2.24, 2.45) is 0 Å². The molecule has 0 aliphatic carbocycles. The molecule has 0 radical (unpaired) electrons. The first kappa shape index (κ1) is 22.5. The molecular weight excluding hydrogens is 600 g/mol. The van der Waals surface area contributed by atoms with Crippen molar-refractivity contribution in [1.82, 2.24) is 4.67 Å². The number of hydrogen-bond acceptors (Lipinski definition) is 1. The zero-order valence-electron chi connectivity index (χ0n) is 24.4. The third-order valence-electron chi connectivity index (χ3n) is 20.9. The number of nitrogens with zero attached hydrogens (tertiary/aromatic N) is 1. The molecule has 6 atom stereocenters. The van der Waals surface area contributed by atoms with Crippen molar-refractivity contribution in [1.29, 1.82) is 0 Å². The van der Waals surface area contributed by atoms with Crippen LogP contribution in [-0.2, 0) is 6.51 Å². The Balaban J connectivity index is 1.05. The summed E-state index contributed by atoms with van der Waals surface area (Å²) in [4.78, 5) is 9.96. The molecule has 43 heavy (non-hydrogen) atoms. The molecule has 10 aliphatic rings. The van der Waals surface area contributed by atoms with E-state index >= 15 is 0 Å². The van der Waals surface area contributed by atoms with Crippen molar-refractivity contribution < 1.29 is 6.51 Å². The molecule has 10 fully saturated rings. The number of hydrogen-bond donors (Lipinski definition) is 0. The van der Waals surface area contributed by atoms with E-state index in [-0.39, 0.29) is 7.92 Å². The van der Waals surface area contributed by atoms with Crippen molar-refractivity contribution in [3.05, 3.63) is 134 Å². The zero-order chi connectivity index (χ0) is 28.1. The molecule has 1 nitrogen and oxygen atoms in total.